The van der Waals surface area contributed by atoms with E-state index in [1.165, 1.54) is 295 Å². The van der Waals surface area contributed by atoms with Gasteiger partial charge in [0, 0.05) is 12.8 Å². The van der Waals surface area contributed by atoms with Crippen LogP contribution in [0.25, 0.3) is 0 Å². The zero-order valence-corrected chi connectivity index (χ0v) is 68.2. The molecule has 0 spiro atoms. The van der Waals surface area contributed by atoms with E-state index in [2.05, 4.69) is 111 Å². The van der Waals surface area contributed by atoms with Crippen LogP contribution < -0.4 is 4.89 Å². The van der Waals surface area contributed by atoms with E-state index in [-0.39, 0.29) is 32.0 Å². The smallest absolute Gasteiger partial charge is 0.306 e. The van der Waals surface area contributed by atoms with Gasteiger partial charge in [-0.15, -0.1) is 0 Å². The lowest BCUT2D eigenvalue weighted by Crippen LogP contribution is -2.37. The fourth-order valence-corrected chi connectivity index (χ4v) is 13.5. The first-order valence-electron chi connectivity index (χ1n) is 43.4. The van der Waals surface area contributed by atoms with Gasteiger partial charge < -0.3 is 27.9 Å². The quantitative estimate of drug-likeness (QED) is 0.0195. The molecule has 0 aromatic rings. The van der Waals surface area contributed by atoms with E-state index in [9.17, 15) is 19.0 Å². The van der Waals surface area contributed by atoms with Crippen LogP contribution in [-0.2, 0) is 32.7 Å². The van der Waals surface area contributed by atoms with Crippen LogP contribution in [0.5, 0.6) is 0 Å². The molecule has 0 heterocycles. The van der Waals surface area contributed by atoms with E-state index in [4.69, 9.17) is 18.5 Å². The number of esters is 2. The number of unbranched alkanes of at least 4 members (excludes halogenated alkanes) is 51. The van der Waals surface area contributed by atoms with E-state index >= 15 is 0 Å². The van der Waals surface area contributed by atoms with Crippen molar-refractivity contribution in [1.82, 2.24) is 0 Å². The number of quaternary nitrogens is 1. The predicted octanol–water partition coefficient (Wildman–Crippen LogP) is 28.7. The maximum absolute atomic E-state index is 12.9. The second kappa shape index (κ2) is 81.0. The summed E-state index contributed by atoms with van der Waals surface area (Å²) in [6.07, 6.45) is 114. The summed E-state index contributed by atoms with van der Waals surface area (Å²) in [5, 5.41) is 0. The maximum atomic E-state index is 12.9. The number of allylic oxidation sites excluding steroid dienone is 16. The molecule has 101 heavy (non-hydrogen) atoms. The summed E-state index contributed by atoms with van der Waals surface area (Å²) < 4.78 is 34.5. The summed E-state index contributed by atoms with van der Waals surface area (Å²) >= 11 is 0. The molecule has 0 N–H and O–H groups in total. The molecule has 588 valence electrons. The molecule has 0 aliphatic rings. The largest absolute Gasteiger partial charge is 0.756 e. The molecule has 2 atom stereocenters. The number of carbonyl (C=O) groups excluding carboxylic acids is 2. The molecule has 0 radical (unpaired) electrons. The average Bonchev–Trinajstić information content (AvgIpc) is 1.02. The van der Waals surface area contributed by atoms with Gasteiger partial charge in [0.25, 0.3) is 7.82 Å². The minimum absolute atomic E-state index is 0.0307. The summed E-state index contributed by atoms with van der Waals surface area (Å²) in [5.41, 5.74) is 0. The van der Waals surface area contributed by atoms with Gasteiger partial charge in [0.2, 0.25) is 0 Å². The predicted molar refractivity (Wildman–Crippen MR) is 439 cm³/mol. The normalized spacial score (nSPS) is 13.4. The second-order valence-electron chi connectivity index (χ2n) is 30.5. The SMILES string of the molecule is CC/C=C\C/C=C\C/C=C\C/C=C\C/C=C\C/C=C\C/C=C\C/C=C\CCCCCCCCCCCCCCCCCCC(=O)OC(COC(=O)CCCCCCCCCCCCCCCCCCCCCCCCCCCCCCCCCCCCCC)COP(=O)([O-])OCC[N+](C)(C)C. The van der Waals surface area contributed by atoms with Crippen molar-refractivity contribution in [3.05, 3.63) is 97.2 Å². The Kier molecular flexibility index (Phi) is 78.6. The van der Waals surface area contributed by atoms with Crippen molar-refractivity contribution < 1.29 is 42.1 Å². The van der Waals surface area contributed by atoms with E-state index < -0.39 is 26.5 Å². The van der Waals surface area contributed by atoms with Crippen molar-refractivity contribution in [2.75, 3.05) is 47.5 Å². The van der Waals surface area contributed by atoms with Crippen LogP contribution in [0.4, 0.5) is 0 Å². The Morgan fingerprint density at radius 3 is 0.842 bits per heavy atom. The Morgan fingerprint density at radius 1 is 0.317 bits per heavy atom. The van der Waals surface area contributed by atoms with Gasteiger partial charge in [0.1, 0.15) is 19.8 Å². The van der Waals surface area contributed by atoms with Crippen LogP contribution in [0.2, 0.25) is 0 Å². The fraction of sp³-hybridized carbons (Fsp3) is 0.802. The zero-order chi connectivity index (χ0) is 73.3. The Bertz CT molecular complexity index is 2030. The summed E-state index contributed by atoms with van der Waals surface area (Å²) in [6, 6.07) is 0. The van der Waals surface area contributed by atoms with E-state index in [1.54, 1.807) is 0 Å². The molecule has 0 rings (SSSR count). The third-order valence-corrected chi connectivity index (χ3v) is 20.3. The molecule has 0 fully saturated rings. The van der Waals surface area contributed by atoms with Gasteiger partial charge in [-0.2, -0.15) is 0 Å². The molecule has 0 aromatic carbocycles. The second-order valence-corrected chi connectivity index (χ2v) is 31.9. The molecule has 10 heteroatoms. The van der Waals surface area contributed by atoms with Gasteiger partial charge in [0.05, 0.1) is 27.7 Å². The maximum Gasteiger partial charge on any atom is 0.306 e. The molecular formula is C91H166NO8P. The number of hydrogen-bond acceptors (Lipinski definition) is 8. The monoisotopic (exact) mass is 1430 g/mol. The summed E-state index contributed by atoms with van der Waals surface area (Å²) in [7, 11) is 1.18. The highest BCUT2D eigenvalue weighted by Crippen LogP contribution is 2.38. The van der Waals surface area contributed by atoms with Crippen LogP contribution in [0.15, 0.2) is 97.2 Å². The van der Waals surface area contributed by atoms with Gasteiger partial charge in [0.15, 0.2) is 6.10 Å². The Labute approximate surface area is 627 Å². The number of rotatable bonds is 81. The lowest BCUT2D eigenvalue weighted by Gasteiger charge is -2.28. The molecule has 9 nitrogen and oxygen atoms in total. The van der Waals surface area contributed by atoms with E-state index in [0.717, 1.165) is 89.9 Å². The number of phosphoric acid groups is 1. The fourth-order valence-electron chi connectivity index (χ4n) is 12.8. The molecule has 2 unspecified atom stereocenters. The molecule has 0 aliphatic carbocycles. The van der Waals surface area contributed by atoms with Gasteiger partial charge in [-0.1, -0.05) is 426 Å². The zero-order valence-electron chi connectivity index (χ0n) is 67.4. The van der Waals surface area contributed by atoms with Crippen molar-refractivity contribution in [2.24, 2.45) is 0 Å². The molecule has 0 bridgehead atoms. The van der Waals surface area contributed by atoms with Gasteiger partial charge in [-0.25, -0.2) is 0 Å². The molecule has 0 saturated heterocycles. The van der Waals surface area contributed by atoms with E-state index in [1.807, 2.05) is 21.1 Å². The Hall–Kier alpha value is -3.07. The highest BCUT2D eigenvalue weighted by molar-refractivity contribution is 7.45. The standard InChI is InChI=1S/C91H166NO8P/c1-6-8-10-12-14-16-18-20-22-24-26-28-30-32-34-36-38-40-42-44-45-46-47-48-50-52-54-56-58-60-62-64-66-68-70-72-74-76-78-80-82-84-91(94)100-89(88-99-101(95,96)98-86-85-92(3,4)5)87-97-90(93)83-81-79-77-75-73-71-69-67-65-63-61-59-57-55-53-51-49-43-41-39-37-35-33-31-29-27-25-23-21-19-17-15-13-11-9-7-2/h8,10,14,16,20,22,26,28,32,34,38,40,44-45,47-48,89H,6-7,9,11-13,15,17-19,21,23-25,27,29-31,33,35-37,39,41-43,46,49-88H2,1-5H3/b10-8-,16-14-,22-20-,28-26-,34-32-,40-38-,45-44-,48-47-. The lowest BCUT2D eigenvalue weighted by molar-refractivity contribution is -0.870. The van der Waals surface area contributed by atoms with Crippen molar-refractivity contribution in [2.45, 2.75) is 424 Å². The molecule has 0 saturated carbocycles. The first-order valence-corrected chi connectivity index (χ1v) is 44.9. The first kappa shape index (κ1) is 97.9. The van der Waals surface area contributed by atoms with Crippen LogP contribution in [0.1, 0.15) is 418 Å². The van der Waals surface area contributed by atoms with Crippen molar-refractivity contribution in [1.29, 1.82) is 0 Å². The number of hydrogen-bond donors (Lipinski definition) is 0. The minimum atomic E-state index is -4.65. The summed E-state index contributed by atoms with van der Waals surface area (Å²) in [4.78, 5) is 38.2. The van der Waals surface area contributed by atoms with Gasteiger partial charge >= 0.3 is 11.9 Å². The first-order chi connectivity index (χ1) is 49.5. The summed E-state index contributed by atoms with van der Waals surface area (Å²) in [5.74, 6) is -0.814. The average molecular weight is 1430 g/mol. The van der Waals surface area contributed by atoms with Crippen LogP contribution in [-0.4, -0.2) is 70.0 Å². The third-order valence-electron chi connectivity index (χ3n) is 19.4. The number of ether oxygens (including phenoxy) is 2. The number of nitrogens with zero attached hydrogens (tertiary/aromatic N) is 1. The van der Waals surface area contributed by atoms with Crippen molar-refractivity contribution in [3.8, 4) is 0 Å². The van der Waals surface area contributed by atoms with Crippen molar-refractivity contribution in [3.63, 3.8) is 0 Å². The minimum Gasteiger partial charge on any atom is -0.756 e. The molecular weight excluding hydrogens is 1270 g/mol. The van der Waals surface area contributed by atoms with E-state index in [0.29, 0.717) is 17.4 Å². The van der Waals surface area contributed by atoms with Gasteiger partial charge in [-0.3, -0.25) is 14.2 Å². The van der Waals surface area contributed by atoms with Crippen LogP contribution >= 0.6 is 7.82 Å². The third kappa shape index (κ3) is 85.7. The Balaban J connectivity index is 3.91. The van der Waals surface area contributed by atoms with Crippen molar-refractivity contribution >= 4 is 19.8 Å². The lowest BCUT2D eigenvalue weighted by atomic mass is 10.0. The van der Waals surface area contributed by atoms with Crippen LogP contribution in [0.3, 0.4) is 0 Å². The highest BCUT2D eigenvalue weighted by Gasteiger charge is 2.22. The molecule has 0 aromatic heterocycles. The number of phosphoric ester groups is 1. The molecule has 0 aliphatic heterocycles. The van der Waals surface area contributed by atoms with Crippen LogP contribution in [0, 0.1) is 0 Å². The summed E-state index contributed by atoms with van der Waals surface area (Å²) in [6.45, 7) is 4.19. The Morgan fingerprint density at radius 2 is 0.564 bits per heavy atom. The topological polar surface area (TPSA) is 111 Å². The number of carbonyl (C=O) groups is 2. The highest BCUT2D eigenvalue weighted by atomic mass is 31.2. The number of likely N-dealkylation sites (N-methyl/N-ethyl adjacent to an activating group) is 1. The van der Waals surface area contributed by atoms with Gasteiger partial charge in [-0.05, 0) is 77.0 Å². The molecule has 0 amide bonds.